The molecule has 0 atom stereocenters. The van der Waals surface area contributed by atoms with Gasteiger partial charge in [0.2, 0.25) is 17.7 Å². The summed E-state index contributed by atoms with van der Waals surface area (Å²) < 4.78 is 0. The number of benzene rings is 2. The standard InChI is InChI=1S/C19H21N3O3/c1-13-6-8-15(9-7-13)10-18(24)20-12-19(25)22-17-5-3-4-16(11-17)21-14(2)23/h3-9,11H,10,12H2,1-2H3,(H,20,24)(H,21,23)(H,22,25). The molecule has 0 fully saturated rings. The Balaban J connectivity index is 1.81. The van der Waals surface area contributed by atoms with E-state index in [4.69, 9.17) is 0 Å². The third-order valence-corrected chi connectivity index (χ3v) is 3.40. The summed E-state index contributed by atoms with van der Waals surface area (Å²) >= 11 is 0. The van der Waals surface area contributed by atoms with E-state index in [1.165, 1.54) is 6.92 Å². The summed E-state index contributed by atoms with van der Waals surface area (Å²) in [6.45, 7) is 3.28. The molecule has 6 nitrogen and oxygen atoms in total. The van der Waals surface area contributed by atoms with Crippen LogP contribution in [-0.4, -0.2) is 24.3 Å². The SMILES string of the molecule is CC(=O)Nc1cccc(NC(=O)CNC(=O)Cc2ccc(C)cc2)c1. The van der Waals surface area contributed by atoms with Crippen molar-refractivity contribution in [3.8, 4) is 0 Å². The van der Waals surface area contributed by atoms with Crippen LogP contribution in [0.15, 0.2) is 48.5 Å². The Hall–Kier alpha value is -3.15. The van der Waals surface area contributed by atoms with Gasteiger partial charge >= 0.3 is 0 Å². The summed E-state index contributed by atoms with van der Waals surface area (Å²) in [6, 6.07) is 14.5. The highest BCUT2D eigenvalue weighted by molar-refractivity contribution is 5.96. The Morgan fingerprint density at radius 1 is 0.880 bits per heavy atom. The number of aryl methyl sites for hydroxylation is 1. The molecule has 6 heteroatoms. The molecule has 25 heavy (non-hydrogen) atoms. The predicted molar refractivity (Wildman–Crippen MR) is 97.3 cm³/mol. The highest BCUT2D eigenvalue weighted by atomic mass is 16.2. The van der Waals surface area contributed by atoms with Crippen LogP contribution in [-0.2, 0) is 20.8 Å². The number of hydrogen-bond donors (Lipinski definition) is 3. The first-order valence-corrected chi connectivity index (χ1v) is 7.92. The first-order chi connectivity index (χ1) is 11.9. The van der Waals surface area contributed by atoms with Gasteiger partial charge in [0.1, 0.15) is 0 Å². The van der Waals surface area contributed by atoms with E-state index in [1.807, 2.05) is 31.2 Å². The van der Waals surface area contributed by atoms with Crippen LogP contribution >= 0.6 is 0 Å². The Kier molecular flexibility index (Phi) is 6.28. The third-order valence-electron chi connectivity index (χ3n) is 3.40. The highest BCUT2D eigenvalue weighted by Gasteiger charge is 2.07. The summed E-state index contributed by atoms with van der Waals surface area (Å²) in [5.41, 5.74) is 3.16. The van der Waals surface area contributed by atoms with Crippen molar-refractivity contribution >= 4 is 29.1 Å². The van der Waals surface area contributed by atoms with Gasteiger partial charge in [0, 0.05) is 18.3 Å². The second kappa shape index (κ2) is 8.63. The molecule has 0 heterocycles. The van der Waals surface area contributed by atoms with Gasteiger partial charge in [0.15, 0.2) is 0 Å². The van der Waals surface area contributed by atoms with Crippen LogP contribution in [0.1, 0.15) is 18.1 Å². The minimum Gasteiger partial charge on any atom is -0.347 e. The number of rotatable bonds is 6. The fourth-order valence-electron chi connectivity index (χ4n) is 2.22. The minimum atomic E-state index is -0.336. The van der Waals surface area contributed by atoms with E-state index < -0.39 is 0 Å². The normalized spacial score (nSPS) is 10.0. The van der Waals surface area contributed by atoms with Crippen molar-refractivity contribution in [3.63, 3.8) is 0 Å². The van der Waals surface area contributed by atoms with Crippen LogP contribution in [0.25, 0.3) is 0 Å². The monoisotopic (exact) mass is 339 g/mol. The van der Waals surface area contributed by atoms with Gasteiger partial charge in [-0.2, -0.15) is 0 Å². The predicted octanol–water partition coefficient (Wildman–Crippen LogP) is 2.25. The fourth-order valence-corrected chi connectivity index (χ4v) is 2.22. The molecular formula is C19H21N3O3. The van der Waals surface area contributed by atoms with Crippen molar-refractivity contribution in [1.29, 1.82) is 0 Å². The molecule has 0 unspecified atom stereocenters. The highest BCUT2D eigenvalue weighted by Crippen LogP contribution is 2.14. The van der Waals surface area contributed by atoms with Gasteiger partial charge in [-0.15, -0.1) is 0 Å². The maximum absolute atomic E-state index is 11.9. The first-order valence-electron chi connectivity index (χ1n) is 7.92. The lowest BCUT2D eigenvalue weighted by Crippen LogP contribution is -2.33. The zero-order chi connectivity index (χ0) is 18.2. The second-order valence-corrected chi connectivity index (χ2v) is 5.75. The van der Waals surface area contributed by atoms with Gasteiger partial charge in [0.05, 0.1) is 13.0 Å². The number of nitrogens with one attached hydrogen (secondary N) is 3. The molecule has 0 aliphatic carbocycles. The molecule has 0 aliphatic heterocycles. The van der Waals surface area contributed by atoms with Crippen LogP contribution in [0.4, 0.5) is 11.4 Å². The third kappa shape index (κ3) is 6.47. The topological polar surface area (TPSA) is 87.3 Å². The Morgan fingerprint density at radius 2 is 1.52 bits per heavy atom. The van der Waals surface area contributed by atoms with Crippen LogP contribution in [0.3, 0.4) is 0 Å². The van der Waals surface area contributed by atoms with Crippen molar-refractivity contribution in [2.75, 3.05) is 17.2 Å². The Labute approximate surface area is 146 Å². The van der Waals surface area contributed by atoms with E-state index in [0.29, 0.717) is 11.4 Å². The summed E-state index contributed by atoms with van der Waals surface area (Å²) in [5, 5.41) is 7.91. The van der Waals surface area contributed by atoms with Crippen LogP contribution in [0.5, 0.6) is 0 Å². The van der Waals surface area contributed by atoms with E-state index in [-0.39, 0.29) is 30.7 Å². The molecule has 0 saturated carbocycles. The molecule has 0 bridgehead atoms. The molecule has 0 saturated heterocycles. The Bertz CT molecular complexity index is 770. The molecule has 0 aromatic heterocycles. The molecule has 3 N–H and O–H groups in total. The molecule has 0 radical (unpaired) electrons. The quantitative estimate of drug-likeness (QED) is 0.754. The summed E-state index contributed by atoms with van der Waals surface area (Å²) in [6.07, 6.45) is 0.228. The van der Waals surface area contributed by atoms with E-state index >= 15 is 0 Å². The first kappa shape index (κ1) is 18.2. The van der Waals surface area contributed by atoms with E-state index in [0.717, 1.165) is 11.1 Å². The van der Waals surface area contributed by atoms with Crippen LogP contribution < -0.4 is 16.0 Å². The summed E-state index contributed by atoms with van der Waals surface area (Å²) in [5.74, 6) is -0.741. The number of amides is 3. The molecule has 0 aliphatic rings. The zero-order valence-corrected chi connectivity index (χ0v) is 14.3. The molecule has 130 valence electrons. The number of anilines is 2. The maximum Gasteiger partial charge on any atom is 0.243 e. The van der Waals surface area contributed by atoms with E-state index in [1.54, 1.807) is 24.3 Å². The largest absolute Gasteiger partial charge is 0.347 e. The van der Waals surface area contributed by atoms with Gasteiger partial charge in [0.25, 0.3) is 0 Å². The lowest BCUT2D eigenvalue weighted by Gasteiger charge is -2.09. The van der Waals surface area contributed by atoms with Gasteiger partial charge < -0.3 is 16.0 Å². The van der Waals surface area contributed by atoms with Gasteiger partial charge in [-0.1, -0.05) is 35.9 Å². The average molecular weight is 339 g/mol. The van der Waals surface area contributed by atoms with Gasteiger partial charge in [-0.3, -0.25) is 14.4 Å². The molecule has 2 aromatic rings. The average Bonchev–Trinajstić information content (AvgIpc) is 2.55. The van der Waals surface area contributed by atoms with E-state index in [2.05, 4.69) is 16.0 Å². The number of carbonyl (C=O) groups is 3. The minimum absolute atomic E-state index is 0.116. The molecular weight excluding hydrogens is 318 g/mol. The van der Waals surface area contributed by atoms with Gasteiger partial charge in [-0.25, -0.2) is 0 Å². The van der Waals surface area contributed by atoms with Crippen LogP contribution in [0, 0.1) is 6.92 Å². The lowest BCUT2D eigenvalue weighted by molar-refractivity contribution is -0.123. The number of hydrogen-bond acceptors (Lipinski definition) is 3. The van der Waals surface area contributed by atoms with Crippen molar-refractivity contribution < 1.29 is 14.4 Å². The Morgan fingerprint density at radius 3 is 2.16 bits per heavy atom. The van der Waals surface area contributed by atoms with Crippen molar-refractivity contribution in [2.24, 2.45) is 0 Å². The lowest BCUT2D eigenvalue weighted by atomic mass is 10.1. The molecule has 3 amide bonds. The maximum atomic E-state index is 11.9. The van der Waals surface area contributed by atoms with Crippen LogP contribution in [0.2, 0.25) is 0 Å². The van der Waals surface area contributed by atoms with Crippen molar-refractivity contribution in [2.45, 2.75) is 20.3 Å². The van der Waals surface area contributed by atoms with E-state index in [9.17, 15) is 14.4 Å². The molecule has 2 aromatic carbocycles. The summed E-state index contributed by atoms with van der Waals surface area (Å²) in [4.78, 5) is 34.9. The summed E-state index contributed by atoms with van der Waals surface area (Å²) in [7, 11) is 0. The zero-order valence-electron chi connectivity index (χ0n) is 14.3. The van der Waals surface area contributed by atoms with Crippen molar-refractivity contribution in [3.05, 3.63) is 59.7 Å². The molecule has 2 rings (SSSR count). The smallest absolute Gasteiger partial charge is 0.243 e. The molecule has 0 spiro atoms. The second-order valence-electron chi connectivity index (χ2n) is 5.75. The number of carbonyl (C=O) groups excluding carboxylic acids is 3. The fraction of sp³-hybridized carbons (Fsp3) is 0.211. The van der Waals surface area contributed by atoms with Crippen molar-refractivity contribution in [1.82, 2.24) is 5.32 Å². The van der Waals surface area contributed by atoms with Gasteiger partial charge in [-0.05, 0) is 30.7 Å².